The highest BCUT2D eigenvalue weighted by Gasteiger charge is 2.19. The van der Waals surface area contributed by atoms with Gasteiger partial charge >= 0.3 is 17.9 Å². The lowest BCUT2D eigenvalue weighted by molar-refractivity contribution is -0.167. The summed E-state index contributed by atoms with van der Waals surface area (Å²) < 4.78 is 16.7. The molecule has 0 aromatic carbocycles. The Morgan fingerprint density at radius 3 is 1.08 bits per heavy atom. The molecule has 0 N–H and O–H groups in total. The van der Waals surface area contributed by atoms with Gasteiger partial charge in [-0.1, -0.05) is 197 Å². The second kappa shape index (κ2) is 47.8. The van der Waals surface area contributed by atoms with Crippen molar-refractivity contribution < 1.29 is 28.6 Å². The molecule has 0 aromatic heterocycles. The zero-order valence-corrected chi connectivity index (χ0v) is 38.8. The van der Waals surface area contributed by atoms with E-state index in [1.54, 1.807) is 0 Å². The van der Waals surface area contributed by atoms with Crippen molar-refractivity contribution in [3.63, 3.8) is 0 Å². The molecule has 0 radical (unpaired) electrons. The van der Waals surface area contributed by atoms with Crippen LogP contribution < -0.4 is 0 Å². The highest BCUT2D eigenvalue weighted by atomic mass is 16.6. The van der Waals surface area contributed by atoms with Gasteiger partial charge in [0.05, 0.1) is 0 Å². The first-order valence-corrected chi connectivity index (χ1v) is 24.8. The number of unbranched alkanes of at least 4 members (excludes halogenated alkanes) is 23. The third-order valence-corrected chi connectivity index (χ3v) is 10.5. The minimum atomic E-state index is -0.785. The smallest absolute Gasteiger partial charge is 0.306 e. The normalized spacial score (nSPS) is 12.5. The Hall–Kier alpha value is -2.89. The molecule has 0 amide bonds. The van der Waals surface area contributed by atoms with E-state index in [-0.39, 0.29) is 31.1 Å². The van der Waals surface area contributed by atoms with E-state index in [1.165, 1.54) is 89.9 Å². The van der Waals surface area contributed by atoms with Gasteiger partial charge < -0.3 is 14.2 Å². The van der Waals surface area contributed by atoms with E-state index in [0.29, 0.717) is 19.3 Å². The Labute approximate surface area is 364 Å². The van der Waals surface area contributed by atoms with Crippen LogP contribution in [-0.2, 0) is 28.6 Å². The molecule has 340 valence electrons. The summed E-state index contributed by atoms with van der Waals surface area (Å²) in [6.07, 6.45) is 57.7. The molecule has 0 aliphatic rings. The number of esters is 3. The van der Waals surface area contributed by atoms with E-state index in [4.69, 9.17) is 14.2 Å². The van der Waals surface area contributed by atoms with Crippen LogP contribution in [0, 0.1) is 0 Å². The Balaban J connectivity index is 4.41. The monoisotopic (exact) mass is 825 g/mol. The molecule has 59 heavy (non-hydrogen) atoms. The average Bonchev–Trinajstić information content (AvgIpc) is 3.23. The summed E-state index contributed by atoms with van der Waals surface area (Å²) >= 11 is 0. The van der Waals surface area contributed by atoms with Crippen molar-refractivity contribution in [3.8, 4) is 0 Å². The molecule has 0 heterocycles. The molecular weight excluding hydrogens is 733 g/mol. The second-order valence-electron chi connectivity index (χ2n) is 16.3. The lowest BCUT2D eigenvalue weighted by Crippen LogP contribution is -2.30. The fourth-order valence-electron chi connectivity index (χ4n) is 6.78. The molecule has 0 spiro atoms. The second-order valence-corrected chi connectivity index (χ2v) is 16.3. The van der Waals surface area contributed by atoms with Crippen LogP contribution in [0.5, 0.6) is 0 Å². The highest BCUT2D eigenvalue weighted by Crippen LogP contribution is 2.14. The van der Waals surface area contributed by atoms with Crippen molar-refractivity contribution in [2.75, 3.05) is 13.2 Å². The first kappa shape index (κ1) is 56.1. The van der Waals surface area contributed by atoms with Crippen molar-refractivity contribution in [3.05, 3.63) is 60.8 Å². The largest absolute Gasteiger partial charge is 0.462 e. The quantitative estimate of drug-likeness (QED) is 0.0263. The topological polar surface area (TPSA) is 78.9 Å². The molecule has 0 aliphatic carbocycles. The standard InChI is InChI=1S/C53H92O6/c1-4-7-10-13-16-19-22-25-26-27-28-29-32-34-37-40-43-46-52(55)58-49-50(59-53(56)47-44-41-38-35-31-24-21-18-15-12-9-6-3)48-57-51(54)45-42-39-36-33-30-23-20-17-14-11-8-5-2/h7,10,16,18-19,21,25-26,28-29,50H,4-6,8-9,11-15,17,20,22-24,27,30-49H2,1-3H3/b10-7-,19-16-,21-18-,26-25-,29-28-. The summed E-state index contributed by atoms with van der Waals surface area (Å²) in [5, 5.41) is 0. The van der Waals surface area contributed by atoms with Crippen LogP contribution in [0.3, 0.4) is 0 Å². The van der Waals surface area contributed by atoms with Crippen LogP contribution in [-0.4, -0.2) is 37.2 Å². The van der Waals surface area contributed by atoms with Crippen LogP contribution in [0.15, 0.2) is 60.8 Å². The summed E-state index contributed by atoms with van der Waals surface area (Å²) in [4.78, 5) is 37.9. The van der Waals surface area contributed by atoms with Gasteiger partial charge in [0.1, 0.15) is 13.2 Å². The molecule has 1 unspecified atom stereocenters. The fourth-order valence-corrected chi connectivity index (χ4v) is 6.78. The Morgan fingerprint density at radius 1 is 0.356 bits per heavy atom. The van der Waals surface area contributed by atoms with Crippen molar-refractivity contribution in [1.82, 2.24) is 0 Å². The van der Waals surface area contributed by atoms with Gasteiger partial charge in [0.25, 0.3) is 0 Å². The molecule has 0 fully saturated rings. The molecule has 0 bridgehead atoms. The molecule has 0 aromatic rings. The first-order chi connectivity index (χ1) is 29.0. The van der Waals surface area contributed by atoms with Crippen LogP contribution in [0.1, 0.15) is 239 Å². The van der Waals surface area contributed by atoms with Crippen molar-refractivity contribution >= 4 is 17.9 Å². The number of hydrogen-bond acceptors (Lipinski definition) is 6. The zero-order valence-electron chi connectivity index (χ0n) is 38.8. The third-order valence-electron chi connectivity index (χ3n) is 10.5. The minimum absolute atomic E-state index is 0.0840. The van der Waals surface area contributed by atoms with Gasteiger partial charge in [0.15, 0.2) is 6.10 Å². The summed E-state index contributed by atoms with van der Waals surface area (Å²) in [7, 11) is 0. The SMILES string of the molecule is CC/C=C\C/C=C\C/C=C\C/C=C\CCCCCCC(=O)OCC(COC(=O)CCCCCCCCCCCCCC)OC(=O)CCCCCCC/C=C\CCCCC. The van der Waals surface area contributed by atoms with Gasteiger partial charge in [-0.05, 0) is 83.5 Å². The number of ether oxygens (including phenoxy) is 3. The highest BCUT2D eigenvalue weighted by molar-refractivity contribution is 5.71. The number of allylic oxidation sites excluding steroid dienone is 10. The molecular formula is C53H92O6. The number of rotatable bonds is 44. The average molecular weight is 825 g/mol. The Morgan fingerprint density at radius 2 is 0.661 bits per heavy atom. The maximum atomic E-state index is 12.7. The van der Waals surface area contributed by atoms with Crippen molar-refractivity contribution in [1.29, 1.82) is 0 Å². The van der Waals surface area contributed by atoms with Gasteiger partial charge in [0, 0.05) is 19.3 Å². The molecule has 6 heteroatoms. The van der Waals surface area contributed by atoms with E-state index < -0.39 is 6.10 Å². The van der Waals surface area contributed by atoms with Gasteiger partial charge in [-0.2, -0.15) is 0 Å². The number of hydrogen-bond donors (Lipinski definition) is 0. The predicted molar refractivity (Wildman–Crippen MR) is 251 cm³/mol. The minimum Gasteiger partial charge on any atom is -0.462 e. The first-order valence-electron chi connectivity index (χ1n) is 24.8. The maximum absolute atomic E-state index is 12.7. The van der Waals surface area contributed by atoms with Gasteiger partial charge in [0.2, 0.25) is 0 Å². The van der Waals surface area contributed by atoms with Crippen molar-refractivity contribution in [2.45, 2.75) is 245 Å². The van der Waals surface area contributed by atoms with E-state index in [9.17, 15) is 14.4 Å². The fraction of sp³-hybridized carbons (Fsp3) is 0.755. The zero-order chi connectivity index (χ0) is 43.0. The van der Waals surface area contributed by atoms with Crippen LogP contribution in [0.4, 0.5) is 0 Å². The maximum Gasteiger partial charge on any atom is 0.306 e. The number of carbonyl (C=O) groups is 3. The Kier molecular flexibility index (Phi) is 45.4. The molecule has 0 rings (SSSR count). The van der Waals surface area contributed by atoms with E-state index in [2.05, 4.69) is 81.5 Å². The summed E-state index contributed by atoms with van der Waals surface area (Å²) in [6.45, 7) is 6.47. The molecule has 1 atom stereocenters. The Bertz CT molecular complexity index is 1090. The summed E-state index contributed by atoms with van der Waals surface area (Å²) in [6, 6.07) is 0. The van der Waals surface area contributed by atoms with Crippen LogP contribution in [0.2, 0.25) is 0 Å². The van der Waals surface area contributed by atoms with Crippen LogP contribution >= 0.6 is 0 Å². The van der Waals surface area contributed by atoms with Gasteiger partial charge in [-0.15, -0.1) is 0 Å². The summed E-state index contributed by atoms with van der Waals surface area (Å²) in [5.41, 5.74) is 0. The van der Waals surface area contributed by atoms with Crippen molar-refractivity contribution in [2.24, 2.45) is 0 Å². The lowest BCUT2D eigenvalue weighted by atomic mass is 10.0. The van der Waals surface area contributed by atoms with E-state index in [0.717, 1.165) is 109 Å². The summed E-state index contributed by atoms with van der Waals surface area (Å²) in [5.74, 6) is -0.916. The molecule has 0 saturated heterocycles. The predicted octanol–water partition coefficient (Wildman–Crippen LogP) is 16.1. The van der Waals surface area contributed by atoms with Gasteiger partial charge in [-0.25, -0.2) is 0 Å². The van der Waals surface area contributed by atoms with E-state index in [1.807, 2.05) is 0 Å². The lowest BCUT2D eigenvalue weighted by Gasteiger charge is -2.18. The molecule has 6 nitrogen and oxygen atoms in total. The third kappa shape index (κ3) is 46.0. The van der Waals surface area contributed by atoms with Crippen LogP contribution in [0.25, 0.3) is 0 Å². The number of carbonyl (C=O) groups excluding carboxylic acids is 3. The molecule has 0 saturated carbocycles. The van der Waals surface area contributed by atoms with Gasteiger partial charge in [-0.3, -0.25) is 14.4 Å². The molecule has 0 aliphatic heterocycles. The van der Waals surface area contributed by atoms with E-state index >= 15 is 0 Å².